The summed E-state index contributed by atoms with van der Waals surface area (Å²) in [7, 11) is 0. The Morgan fingerprint density at radius 2 is 2.31 bits per heavy atom. The van der Waals surface area contributed by atoms with Gasteiger partial charge < -0.3 is 5.73 Å². The molecule has 0 radical (unpaired) electrons. The van der Waals surface area contributed by atoms with Crippen LogP contribution >= 0.6 is 0 Å². The smallest absolute Gasteiger partial charge is 0.157 e. The fraction of sp³-hybridized carbons (Fsp3) is 0.333. The lowest BCUT2D eigenvalue weighted by molar-refractivity contribution is 0.907. The van der Waals surface area contributed by atoms with Crippen molar-refractivity contribution in [2.45, 2.75) is 20.3 Å². The zero-order chi connectivity index (χ0) is 9.42. The van der Waals surface area contributed by atoms with E-state index < -0.39 is 0 Å². The van der Waals surface area contributed by atoms with Gasteiger partial charge >= 0.3 is 0 Å². The Kier molecular flexibility index (Phi) is 1.69. The van der Waals surface area contributed by atoms with E-state index in [1.54, 1.807) is 4.52 Å². The number of nitrogens with zero attached hydrogens (tertiary/aromatic N) is 3. The van der Waals surface area contributed by atoms with Crippen molar-refractivity contribution in [2.75, 3.05) is 5.73 Å². The number of aryl methyl sites for hydroxylation is 2. The molecular formula is C9H12N4. The number of anilines is 1. The van der Waals surface area contributed by atoms with Crippen molar-refractivity contribution in [3.63, 3.8) is 0 Å². The van der Waals surface area contributed by atoms with E-state index in [4.69, 9.17) is 5.73 Å². The summed E-state index contributed by atoms with van der Waals surface area (Å²) in [5, 5.41) is 4.25. The molecule has 0 aliphatic heterocycles. The molecule has 0 unspecified atom stereocenters. The van der Waals surface area contributed by atoms with E-state index in [2.05, 4.69) is 17.0 Å². The highest BCUT2D eigenvalue weighted by Crippen LogP contribution is 2.13. The number of nitrogens with two attached hydrogens (primary N) is 1. The highest BCUT2D eigenvalue weighted by atomic mass is 15.3. The Balaban J connectivity index is 2.78. The summed E-state index contributed by atoms with van der Waals surface area (Å²) in [5.41, 5.74) is 8.69. The second-order valence-electron chi connectivity index (χ2n) is 3.08. The zero-order valence-corrected chi connectivity index (χ0v) is 7.78. The largest absolute Gasteiger partial charge is 0.383 e. The summed E-state index contributed by atoms with van der Waals surface area (Å²) in [6, 6.07) is 1.91. The molecule has 0 atom stereocenters. The molecule has 2 N–H and O–H groups in total. The van der Waals surface area contributed by atoms with Crippen LogP contribution in [0.5, 0.6) is 0 Å². The minimum atomic E-state index is 0.695. The molecule has 0 saturated carbocycles. The molecule has 2 heterocycles. The van der Waals surface area contributed by atoms with Crippen LogP contribution in [0.15, 0.2) is 12.3 Å². The average molecular weight is 176 g/mol. The third-order valence-electron chi connectivity index (χ3n) is 2.10. The van der Waals surface area contributed by atoms with Crippen LogP contribution in [0.25, 0.3) is 5.65 Å². The molecule has 13 heavy (non-hydrogen) atoms. The lowest BCUT2D eigenvalue weighted by Crippen LogP contribution is -2.04. The first-order valence-corrected chi connectivity index (χ1v) is 4.32. The number of hydrogen-bond acceptors (Lipinski definition) is 3. The van der Waals surface area contributed by atoms with Crippen LogP contribution in [-0.2, 0) is 6.42 Å². The number of nitrogen functional groups attached to an aromatic ring is 1. The van der Waals surface area contributed by atoms with Gasteiger partial charge in [0.15, 0.2) is 5.65 Å². The Labute approximate surface area is 76.4 Å². The first-order valence-electron chi connectivity index (χ1n) is 4.32. The third kappa shape index (κ3) is 1.14. The highest BCUT2D eigenvalue weighted by molar-refractivity contribution is 5.50. The van der Waals surface area contributed by atoms with E-state index in [0.717, 1.165) is 23.3 Å². The van der Waals surface area contributed by atoms with Crippen molar-refractivity contribution in [3.8, 4) is 0 Å². The number of rotatable bonds is 1. The average Bonchev–Trinajstić information content (AvgIpc) is 2.47. The second kappa shape index (κ2) is 2.73. The molecule has 4 nitrogen and oxygen atoms in total. The second-order valence-corrected chi connectivity index (χ2v) is 3.08. The molecule has 2 aromatic heterocycles. The van der Waals surface area contributed by atoms with Crippen LogP contribution in [0.2, 0.25) is 0 Å². The van der Waals surface area contributed by atoms with E-state index in [0.29, 0.717) is 5.82 Å². The van der Waals surface area contributed by atoms with Gasteiger partial charge in [-0.15, -0.1) is 0 Å². The zero-order valence-electron chi connectivity index (χ0n) is 7.78. The summed E-state index contributed by atoms with van der Waals surface area (Å²) in [6.45, 7) is 3.98. The van der Waals surface area contributed by atoms with Crippen molar-refractivity contribution in [1.29, 1.82) is 0 Å². The summed E-state index contributed by atoms with van der Waals surface area (Å²) in [6.07, 6.45) is 2.69. The van der Waals surface area contributed by atoms with Gasteiger partial charge in [-0.2, -0.15) is 9.61 Å². The van der Waals surface area contributed by atoms with Crippen LogP contribution in [0.1, 0.15) is 18.2 Å². The molecule has 0 amide bonds. The van der Waals surface area contributed by atoms with Gasteiger partial charge in [0.1, 0.15) is 5.82 Å². The van der Waals surface area contributed by atoms with Crippen molar-refractivity contribution >= 4 is 11.5 Å². The summed E-state index contributed by atoms with van der Waals surface area (Å²) < 4.78 is 1.69. The maximum absolute atomic E-state index is 5.90. The lowest BCUT2D eigenvalue weighted by atomic mass is 10.2. The first-order chi connectivity index (χ1) is 6.22. The predicted octanol–water partition coefficient (Wildman–Crippen LogP) is 1.18. The molecule has 0 bridgehead atoms. The molecule has 0 spiro atoms. The van der Waals surface area contributed by atoms with Gasteiger partial charge in [0.2, 0.25) is 0 Å². The minimum absolute atomic E-state index is 0.695. The van der Waals surface area contributed by atoms with Crippen LogP contribution < -0.4 is 5.73 Å². The van der Waals surface area contributed by atoms with Gasteiger partial charge in [0.05, 0.1) is 5.69 Å². The molecule has 0 saturated heterocycles. The van der Waals surface area contributed by atoms with Crippen LogP contribution in [0.3, 0.4) is 0 Å². The summed E-state index contributed by atoms with van der Waals surface area (Å²) in [5.74, 6) is 0.695. The SMILES string of the molecule is CCc1cnc2cc(C)nn2c1N. The quantitative estimate of drug-likeness (QED) is 0.709. The van der Waals surface area contributed by atoms with E-state index in [9.17, 15) is 0 Å². The molecule has 2 rings (SSSR count). The van der Waals surface area contributed by atoms with E-state index in [1.165, 1.54) is 0 Å². The molecule has 0 aliphatic carbocycles. The van der Waals surface area contributed by atoms with Crippen LogP contribution in [0, 0.1) is 6.92 Å². The molecule has 0 aliphatic rings. The fourth-order valence-corrected chi connectivity index (χ4v) is 1.37. The summed E-state index contributed by atoms with van der Waals surface area (Å²) >= 11 is 0. The molecule has 0 aromatic carbocycles. The van der Waals surface area contributed by atoms with Crippen molar-refractivity contribution in [2.24, 2.45) is 0 Å². The van der Waals surface area contributed by atoms with Crippen LogP contribution in [-0.4, -0.2) is 14.6 Å². The molecule has 68 valence electrons. The maximum Gasteiger partial charge on any atom is 0.157 e. The fourth-order valence-electron chi connectivity index (χ4n) is 1.37. The normalized spacial score (nSPS) is 10.9. The maximum atomic E-state index is 5.90. The Hall–Kier alpha value is -1.58. The van der Waals surface area contributed by atoms with Gasteiger partial charge in [-0.3, -0.25) is 0 Å². The topological polar surface area (TPSA) is 56.2 Å². The summed E-state index contributed by atoms with van der Waals surface area (Å²) in [4.78, 5) is 4.25. The minimum Gasteiger partial charge on any atom is -0.383 e. The van der Waals surface area contributed by atoms with Crippen molar-refractivity contribution < 1.29 is 0 Å². The molecule has 2 aromatic rings. The molecular weight excluding hydrogens is 164 g/mol. The number of aromatic nitrogens is 3. The van der Waals surface area contributed by atoms with Gasteiger partial charge in [-0.1, -0.05) is 6.92 Å². The molecule has 0 fully saturated rings. The number of fused-ring (bicyclic) bond motifs is 1. The van der Waals surface area contributed by atoms with Gasteiger partial charge in [0.25, 0.3) is 0 Å². The Bertz CT molecular complexity index is 444. The number of hydrogen-bond donors (Lipinski definition) is 1. The van der Waals surface area contributed by atoms with E-state index >= 15 is 0 Å². The van der Waals surface area contributed by atoms with Crippen molar-refractivity contribution in [3.05, 3.63) is 23.5 Å². The van der Waals surface area contributed by atoms with E-state index in [1.807, 2.05) is 19.2 Å². The predicted molar refractivity (Wildman–Crippen MR) is 51.5 cm³/mol. The van der Waals surface area contributed by atoms with Gasteiger partial charge in [0, 0.05) is 17.8 Å². The van der Waals surface area contributed by atoms with Gasteiger partial charge in [-0.05, 0) is 13.3 Å². The monoisotopic (exact) mass is 176 g/mol. The highest BCUT2D eigenvalue weighted by Gasteiger charge is 2.05. The third-order valence-corrected chi connectivity index (χ3v) is 2.10. The Morgan fingerprint density at radius 1 is 1.54 bits per heavy atom. The Morgan fingerprint density at radius 3 is 3.00 bits per heavy atom. The lowest BCUT2D eigenvalue weighted by Gasteiger charge is -2.03. The van der Waals surface area contributed by atoms with Crippen LogP contribution in [0.4, 0.5) is 5.82 Å². The van der Waals surface area contributed by atoms with Crippen molar-refractivity contribution in [1.82, 2.24) is 14.6 Å². The molecule has 4 heteroatoms. The van der Waals surface area contributed by atoms with Gasteiger partial charge in [-0.25, -0.2) is 4.98 Å². The standard InChI is InChI=1S/C9H12N4/c1-3-7-5-11-8-4-6(2)12-13(8)9(7)10/h4-5H,3,10H2,1-2H3. The first kappa shape index (κ1) is 8.04. The van der Waals surface area contributed by atoms with E-state index in [-0.39, 0.29) is 0 Å².